The lowest BCUT2D eigenvalue weighted by Gasteiger charge is -2.13. The molecule has 78 valence electrons. The molecular formula is C11H18N2O. The molecule has 4 N–H and O–H groups in total. The van der Waals surface area contributed by atoms with E-state index < -0.39 is 0 Å². The summed E-state index contributed by atoms with van der Waals surface area (Å²) in [5.41, 5.74) is 8.64. The van der Waals surface area contributed by atoms with Gasteiger partial charge in [0.2, 0.25) is 0 Å². The van der Waals surface area contributed by atoms with Crippen molar-refractivity contribution in [2.24, 2.45) is 5.92 Å². The highest BCUT2D eigenvalue weighted by atomic mass is 16.3. The van der Waals surface area contributed by atoms with Gasteiger partial charge >= 0.3 is 0 Å². The van der Waals surface area contributed by atoms with Crippen molar-refractivity contribution in [3.8, 4) is 0 Å². The van der Waals surface area contributed by atoms with E-state index in [1.165, 1.54) is 0 Å². The maximum atomic E-state index is 8.87. The number of rotatable bonds is 4. The number of aliphatic hydroxyl groups is 1. The molecule has 3 heteroatoms. The summed E-state index contributed by atoms with van der Waals surface area (Å²) in [4.78, 5) is 0. The van der Waals surface area contributed by atoms with Gasteiger partial charge in [0.1, 0.15) is 0 Å². The number of nitrogens with one attached hydrogen (secondary N) is 1. The zero-order valence-electron chi connectivity index (χ0n) is 8.75. The largest absolute Gasteiger partial charge is 0.399 e. The molecule has 1 atom stereocenters. The maximum Gasteiger partial charge on any atom is 0.0473 e. The van der Waals surface area contributed by atoms with Gasteiger partial charge in [-0.2, -0.15) is 0 Å². The van der Waals surface area contributed by atoms with Crippen LogP contribution in [0.2, 0.25) is 0 Å². The zero-order chi connectivity index (χ0) is 10.6. The zero-order valence-corrected chi connectivity index (χ0v) is 8.75. The van der Waals surface area contributed by atoms with E-state index in [0.717, 1.165) is 23.5 Å². The second-order valence-corrected chi connectivity index (χ2v) is 3.74. The molecule has 0 fully saturated rings. The fourth-order valence-corrected chi connectivity index (χ4v) is 1.23. The predicted molar refractivity (Wildman–Crippen MR) is 60.3 cm³/mol. The molecular weight excluding hydrogens is 176 g/mol. The van der Waals surface area contributed by atoms with Crippen LogP contribution in [0, 0.1) is 12.8 Å². The Morgan fingerprint density at radius 1 is 1.50 bits per heavy atom. The number of hydrogen-bond acceptors (Lipinski definition) is 3. The fraction of sp³-hybridized carbons (Fsp3) is 0.455. The molecule has 1 aromatic carbocycles. The number of aryl methyl sites for hydroxylation is 1. The summed E-state index contributed by atoms with van der Waals surface area (Å²) < 4.78 is 0. The minimum absolute atomic E-state index is 0.209. The van der Waals surface area contributed by atoms with Crippen molar-refractivity contribution in [2.45, 2.75) is 13.8 Å². The van der Waals surface area contributed by atoms with Crippen LogP contribution in [-0.2, 0) is 0 Å². The Balaban J connectivity index is 2.59. The molecule has 1 rings (SSSR count). The molecule has 0 saturated heterocycles. The van der Waals surface area contributed by atoms with Crippen molar-refractivity contribution in [2.75, 3.05) is 24.2 Å². The van der Waals surface area contributed by atoms with Gasteiger partial charge in [-0.15, -0.1) is 0 Å². The first kappa shape index (κ1) is 10.9. The van der Waals surface area contributed by atoms with Crippen LogP contribution in [0.3, 0.4) is 0 Å². The smallest absolute Gasteiger partial charge is 0.0473 e. The lowest BCUT2D eigenvalue weighted by atomic mass is 10.1. The third-order valence-corrected chi connectivity index (χ3v) is 2.20. The Bertz CT molecular complexity index is 299. The monoisotopic (exact) mass is 194 g/mol. The van der Waals surface area contributed by atoms with Crippen LogP contribution in [0.15, 0.2) is 18.2 Å². The number of aliphatic hydroxyl groups excluding tert-OH is 1. The van der Waals surface area contributed by atoms with E-state index in [4.69, 9.17) is 10.8 Å². The minimum atomic E-state index is 0.209. The maximum absolute atomic E-state index is 8.87. The molecule has 0 aliphatic carbocycles. The average Bonchev–Trinajstić information content (AvgIpc) is 2.16. The van der Waals surface area contributed by atoms with Crippen molar-refractivity contribution >= 4 is 11.4 Å². The lowest BCUT2D eigenvalue weighted by Crippen LogP contribution is -2.15. The van der Waals surface area contributed by atoms with Crippen LogP contribution in [-0.4, -0.2) is 18.3 Å². The predicted octanol–water partition coefficient (Wildman–Crippen LogP) is 1.62. The number of hydrogen-bond donors (Lipinski definition) is 3. The molecule has 0 amide bonds. The van der Waals surface area contributed by atoms with Gasteiger partial charge in [-0.1, -0.05) is 6.92 Å². The standard InChI is InChI=1S/C11H18N2O/c1-8(7-14)6-13-11-4-3-10(12)5-9(11)2/h3-5,8,13-14H,6-7,12H2,1-2H3. The molecule has 1 unspecified atom stereocenters. The third-order valence-electron chi connectivity index (χ3n) is 2.20. The highest BCUT2D eigenvalue weighted by Gasteiger charge is 2.01. The molecule has 0 heterocycles. The number of nitrogen functional groups attached to an aromatic ring is 1. The van der Waals surface area contributed by atoms with E-state index in [1.807, 2.05) is 32.0 Å². The molecule has 0 spiro atoms. The summed E-state index contributed by atoms with van der Waals surface area (Å²) in [6.45, 7) is 5.00. The number of benzene rings is 1. The van der Waals surface area contributed by atoms with Crippen LogP contribution in [0.25, 0.3) is 0 Å². The van der Waals surface area contributed by atoms with Crippen molar-refractivity contribution in [1.29, 1.82) is 0 Å². The van der Waals surface area contributed by atoms with E-state index in [9.17, 15) is 0 Å². The van der Waals surface area contributed by atoms with Gasteiger partial charge in [0.15, 0.2) is 0 Å². The topological polar surface area (TPSA) is 58.3 Å². The molecule has 0 saturated carbocycles. The van der Waals surface area contributed by atoms with Crippen LogP contribution in [0.5, 0.6) is 0 Å². The van der Waals surface area contributed by atoms with Crippen molar-refractivity contribution in [3.05, 3.63) is 23.8 Å². The van der Waals surface area contributed by atoms with Gasteiger partial charge in [-0.25, -0.2) is 0 Å². The number of nitrogens with two attached hydrogens (primary N) is 1. The summed E-state index contributed by atoms with van der Waals surface area (Å²) >= 11 is 0. The Morgan fingerprint density at radius 3 is 2.79 bits per heavy atom. The van der Waals surface area contributed by atoms with Gasteiger partial charge < -0.3 is 16.2 Å². The minimum Gasteiger partial charge on any atom is -0.399 e. The van der Waals surface area contributed by atoms with Crippen molar-refractivity contribution in [1.82, 2.24) is 0 Å². The summed E-state index contributed by atoms with van der Waals surface area (Å²) in [7, 11) is 0. The van der Waals surface area contributed by atoms with Crippen LogP contribution in [0.1, 0.15) is 12.5 Å². The normalized spacial score (nSPS) is 12.5. The quantitative estimate of drug-likeness (QED) is 0.638. The SMILES string of the molecule is Cc1cc(N)ccc1NCC(C)CO. The first-order chi connectivity index (χ1) is 6.63. The van der Waals surface area contributed by atoms with E-state index in [-0.39, 0.29) is 12.5 Å². The molecule has 0 bridgehead atoms. The Hall–Kier alpha value is -1.22. The van der Waals surface area contributed by atoms with E-state index in [1.54, 1.807) is 0 Å². The van der Waals surface area contributed by atoms with Crippen molar-refractivity contribution < 1.29 is 5.11 Å². The van der Waals surface area contributed by atoms with Crippen molar-refractivity contribution in [3.63, 3.8) is 0 Å². The Morgan fingerprint density at radius 2 is 2.21 bits per heavy atom. The van der Waals surface area contributed by atoms with Gasteiger partial charge in [0.25, 0.3) is 0 Å². The molecule has 0 aromatic heterocycles. The van der Waals surface area contributed by atoms with E-state index in [0.29, 0.717) is 0 Å². The Kier molecular flexibility index (Phi) is 3.77. The molecule has 3 nitrogen and oxygen atoms in total. The molecule has 0 radical (unpaired) electrons. The Labute approximate surface area is 84.9 Å². The van der Waals surface area contributed by atoms with Gasteiger partial charge in [-0.05, 0) is 36.6 Å². The molecule has 0 aliphatic rings. The summed E-state index contributed by atoms with van der Waals surface area (Å²) in [6.07, 6.45) is 0. The van der Waals surface area contributed by atoms with Crippen LogP contribution in [0.4, 0.5) is 11.4 Å². The van der Waals surface area contributed by atoms with Gasteiger partial charge in [0.05, 0.1) is 0 Å². The summed E-state index contributed by atoms with van der Waals surface area (Å²) in [5.74, 6) is 0.270. The second-order valence-electron chi connectivity index (χ2n) is 3.74. The number of anilines is 2. The average molecular weight is 194 g/mol. The molecule has 0 aliphatic heterocycles. The highest BCUT2D eigenvalue weighted by molar-refractivity contribution is 5.57. The van der Waals surface area contributed by atoms with Gasteiger partial charge in [0, 0.05) is 24.5 Å². The summed E-state index contributed by atoms with van der Waals surface area (Å²) in [5, 5.41) is 12.1. The molecule has 14 heavy (non-hydrogen) atoms. The van der Waals surface area contributed by atoms with Crippen LogP contribution >= 0.6 is 0 Å². The highest BCUT2D eigenvalue weighted by Crippen LogP contribution is 2.17. The fourth-order valence-electron chi connectivity index (χ4n) is 1.23. The first-order valence-corrected chi connectivity index (χ1v) is 4.84. The molecule has 1 aromatic rings. The third kappa shape index (κ3) is 2.92. The van der Waals surface area contributed by atoms with Gasteiger partial charge in [-0.3, -0.25) is 0 Å². The van der Waals surface area contributed by atoms with E-state index >= 15 is 0 Å². The summed E-state index contributed by atoms with van der Waals surface area (Å²) in [6, 6.07) is 5.78. The van der Waals surface area contributed by atoms with Crippen LogP contribution < -0.4 is 11.1 Å². The van der Waals surface area contributed by atoms with E-state index in [2.05, 4.69) is 5.32 Å². The second kappa shape index (κ2) is 4.86. The lowest BCUT2D eigenvalue weighted by molar-refractivity contribution is 0.244. The first-order valence-electron chi connectivity index (χ1n) is 4.84.